The van der Waals surface area contributed by atoms with Crippen LogP contribution in [0.4, 0.5) is 4.39 Å². The fraction of sp³-hybridized carbons (Fsp3) is 0.474. The third-order valence-electron chi connectivity index (χ3n) is 5.16. The second kappa shape index (κ2) is 6.04. The van der Waals surface area contributed by atoms with Crippen molar-refractivity contribution in [3.8, 4) is 5.69 Å². The van der Waals surface area contributed by atoms with E-state index < -0.39 is 0 Å². The van der Waals surface area contributed by atoms with Crippen LogP contribution in [0.5, 0.6) is 0 Å². The van der Waals surface area contributed by atoms with Gasteiger partial charge in [-0.25, -0.2) is 9.07 Å². The summed E-state index contributed by atoms with van der Waals surface area (Å²) in [5.41, 5.74) is 2.97. The number of rotatable bonds is 2. The number of hydrogen-bond acceptors (Lipinski definition) is 2. The molecule has 1 aromatic heterocycles. The van der Waals surface area contributed by atoms with Crippen LogP contribution in [0.25, 0.3) is 5.69 Å². The first-order valence-corrected chi connectivity index (χ1v) is 8.80. The quantitative estimate of drug-likeness (QED) is 0.848. The molecule has 0 saturated carbocycles. The molecule has 0 spiro atoms. The van der Waals surface area contributed by atoms with Gasteiger partial charge in [0.25, 0.3) is 5.91 Å². The van der Waals surface area contributed by atoms with E-state index in [0.717, 1.165) is 50.0 Å². The number of amides is 1. The van der Waals surface area contributed by atoms with Crippen LogP contribution < -0.4 is 0 Å². The molecule has 1 saturated heterocycles. The molecule has 1 fully saturated rings. The van der Waals surface area contributed by atoms with E-state index in [2.05, 4.69) is 12.0 Å². The van der Waals surface area contributed by atoms with Crippen LogP contribution in [0.2, 0.25) is 0 Å². The predicted molar refractivity (Wildman–Crippen MR) is 89.8 cm³/mol. The standard InChI is InChI=1S/C19H22FN3O/c1-13-6-5-11-22(12-13)19(24)18-14-7-4-10-16(14)23(21-18)17-9-3-2-8-15(17)20/h2-3,8-9,13H,4-7,10-12H2,1H3/t13-/m0/s1. The van der Waals surface area contributed by atoms with Gasteiger partial charge in [-0.05, 0) is 50.2 Å². The van der Waals surface area contributed by atoms with Gasteiger partial charge >= 0.3 is 0 Å². The highest BCUT2D eigenvalue weighted by molar-refractivity contribution is 5.94. The summed E-state index contributed by atoms with van der Waals surface area (Å²) < 4.78 is 15.9. The monoisotopic (exact) mass is 327 g/mol. The van der Waals surface area contributed by atoms with E-state index in [-0.39, 0.29) is 11.7 Å². The lowest BCUT2D eigenvalue weighted by Gasteiger charge is -2.30. The number of likely N-dealkylation sites (tertiary alicyclic amines) is 1. The van der Waals surface area contributed by atoms with Crippen LogP contribution in [-0.2, 0) is 12.8 Å². The molecule has 1 aromatic carbocycles. The summed E-state index contributed by atoms with van der Waals surface area (Å²) in [6.07, 6.45) is 4.92. The zero-order valence-corrected chi connectivity index (χ0v) is 14.0. The second-order valence-corrected chi connectivity index (χ2v) is 6.99. The summed E-state index contributed by atoms with van der Waals surface area (Å²) in [5, 5.41) is 4.55. The van der Waals surface area contributed by atoms with Crippen LogP contribution in [0, 0.1) is 11.7 Å². The van der Waals surface area contributed by atoms with Crippen molar-refractivity contribution < 1.29 is 9.18 Å². The summed E-state index contributed by atoms with van der Waals surface area (Å²) >= 11 is 0. The zero-order chi connectivity index (χ0) is 16.7. The first-order valence-electron chi connectivity index (χ1n) is 8.80. The lowest BCUT2D eigenvalue weighted by atomic mass is 10.00. The highest BCUT2D eigenvalue weighted by Crippen LogP contribution is 2.30. The number of carbonyl (C=O) groups is 1. The van der Waals surface area contributed by atoms with E-state index in [1.54, 1.807) is 22.9 Å². The number of aromatic nitrogens is 2. The Labute approximate surface area is 141 Å². The van der Waals surface area contributed by atoms with Gasteiger partial charge in [-0.15, -0.1) is 0 Å². The SMILES string of the molecule is C[C@H]1CCCN(C(=O)c2nn(-c3ccccc3F)c3c2CCC3)C1. The first kappa shape index (κ1) is 15.4. The fourth-order valence-electron chi connectivity index (χ4n) is 3.96. The third kappa shape index (κ3) is 2.52. The minimum Gasteiger partial charge on any atom is -0.337 e. The molecule has 2 heterocycles. The Morgan fingerprint density at radius 1 is 1.25 bits per heavy atom. The second-order valence-electron chi connectivity index (χ2n) is 6.99. The minimum atomic E-state index is -0.305. The molecule has 1 aliphatic carbocycles. The van der Waals surface area contributed by atoms with Gasteiger partial charge in [-0.3, -0.25) is 4.79 Å². The molecule has 0 N–H and O–H groups in total. The van der Waals surface area contributed by atoms with Crippen molar-refractivity contribution in [1.29, 1.82) is 0 Å². The molecule has 4 nitrogen and oxygen atoms in total. The predicted octanol–water partition coefficient (Wildman–Crippen LogP) is 3.37. The van der Waals surface area contributed by atoms with Gasteiger partial charge in [0.05, 0.1) is 0 Å². The first-order chi connectivity index (χ1) is 11.6. The third-order valence-corrected chi connectivity index (χ3v) is 5.16. The zero-order valence-electron chi connectivity index (χ0n) is 14.0. The Bertz CT molecular complexity index is 783. The summed E-state index contributed by atoms with van der Waals surface area (Å²) in [5.74, 6) is 0.236. The summed E-state index contributed by atoms with van der Waals surface area (Å²) in [7, 11) is 0. The van der Waals surface area contributed by atoms with Crippen molar-refractivity contribution in [2.75, 3.05) is 13.1 Å². The molecule has 2 aromatic rings. The van der Waals surface area contributed by atoms with Gasteiger partial charge in [0, 0.05) is 24.3 Å². The number of para-hydroxylation sites is 1. The van der Waals surface area contributed by atoms with Crippen LogP contribution >= 0.6 is 0 Å². The lowest BCUT2D eigenvalue weighted by Crippen LogP contribution is -2.39. The Morgan fingerprint density at radius 3 is 2.88 bits per heavy atom. The van der Waals surface area contributed by atoms with Crippen molar-refractivity contribution in [2.24, 2.45) is 5.92 Å². The molecule has 5 heteroatoms. The molecule has 1 aliphatic heterocycles. The molecule has 1 amide bonds. The fourth-order valence-corrected chi connectivity index (χ4v) is 3.96. The number of fused-ring (bicyclic) bond motifs is 1. The molecular weight excluding hydrogens is 305 g/mol. The summed E-state index contributed by atoms with van der Waals surface area (Å²) in [4.78, 5) is 14.9. The normalized spacial score (nSPS) is 20.2. The maximum atomic E-state index is 14.2. The van der Waals surface area contributed by atoms with Crippen molar-refractivity contribution in [2.45, 2.75) is 39.0 Å². The van der Waals surface area contributed by atoms with E-state index in [1.807, 2.05) is 4.90 Å². The molecule has 24 heavy (non-hydrogen) atoms. The Morgan fingerprint density at radius 2 is 2.08 bits per heavy atom. The molecule has 2 aliphatic rings. The van der Waals surface area contributed by atoms with Gasteiger partial charge in [0.1, 0.15) is 11.5 Å². The van der Waals surface area contributed by atoms with Crippen LogP contribution in [0.3, 0.4) is 0 Å². The topological polar surface area (TPSA) is 38.1 Å². The van der Waals surface area contributed by atoms with E-state index in [4.69, 9.17) is 0 Å². The smallest absolute Gasteiger partial charge is 0.274 e. The molecule has 0 unspecified atom stereocenters. The van der Waals surface area contributed by atoms with Crippen molar-refractivity contribution in [3.05, 3.63) is 47.0 Å². The van der Waals surface area contributed by atoms with E-state index in [9.17, 15) is 9.18 Å². The van der Waals surface area contributed by atoms with Crippen LogP contribution in [-0.4, -0.2) is 33.7 Å². The Hall–Kier alpha value is -2.17. The average Bonchev–Trinajstić information content (AvgIpc) is 3.17. The molecule has 0 bridgehead atoms. The Kier molecular flexibility index (Phi) is 3.87. The highest BCUT2D eigenvalue weighted by atomic mass is 19.1. The van der Waals surface area contributed by atoms with E-state index in [0.29, 0.717) is 17.3 Å². The van der Waals surface area contributed by atoms with E-state index >= 15 is 0 Å². The van der Waals surface area contributed by atoms with Crippen LogP contribution in [0.1, 0.15) is 47.9 Å². The summed E-state index contributed by atoms with van der Waals surface area (Å²) in [6.45, 7) is 3.77. The molecule has 1 atom stereocenters. The van der Waals surface area contributed by atoms with Crippen molar-refractivity contribution in [3.63, 3.8) is 0 Å². The molecular formula is C19H22FN3O. The molecule has 0 radical (unpaired) electrons. The number of carbonyl (C=O) groups excluding carboxylic acids is 1. The Balaban J connectivity index is 1.74. The highest BCUT2D eigenvalue weighted by Gasteiger charge is 2.31. The van der Waals surface area contributed by atoms with Crippen LogP contribution in [0.15, 0.2) is 24.3 Å². The lowest BCUT2D eigenvalue weighted by molar-refractivity contribution is 0.0675. The van der Waals surface area contributed by atoms with Gasteiger partial charge in [0.2, 0.25) is 0 Å². The van der Waals surface area contributed by atoms with Gasteiger partial charge in [-0.1, -0.05) is 19.1 Å². The van der Waals surface area contributed by atoms with Gasteiger partial charge in [-0.2, -0.15) is 5.10 Å². The number of hydrogen-bond donors (Lipinski definition) is 0. The van der Waals surface area contributed by atoms with Gasteiger partial charge < -0.3 is 4.90 Å². The number of piperidine rings is 1. The maximum Gasteiger partial charge on any atom is 0.274 e. The van der Waals surface area contributed by atoms with Crippen molar-refractivity contribution >= 4 is 5.91 Å². The minimum absolute atomic E-state index is 0.00906. The molecule has 126 valence electrons. The van der Waals surface area contributed by atoms with E-state index in [1.165, 1.54) is 12.5 Å². The number of halogens is 1. The van der Waals surface area contributed by atoms with Gasteiger partial charge in [0.15, 0.2) is 5.69 Å². The largest absolute Gasteiger partial charge is 0.337 e. The maximum absolute atomic E-state index is 14.2. The summed E-state index contributed by atoms with van der Waals surface area (Å²) in [6, 6.07) is 6.63. The average molecular weight is 327 g/mol. The number of benzene rings is 1. The number of nitrogens with zero attached hydrogens (tertiary/aromatic N) is 3. The van der Waals surface area contributed by atoms with Crippen molar-refractivity contribution in [1.82, 2.24) is 14.7 Å². The molecule has 4 rings (SSSR count).